The zero-order valence-electron chi connectivity index (χ0n) is 10.2. The molecule has 1 rings (SSSR count). The first-order valence-corrected chi connectivity index (χ1v) is 7.42. The highest BCUT2D eigenvalue weighted by atomic mass is 32.2. The molecule has 0 aromatic carbocycles. The molecule has 0 unspecified atom stereocenters. The Labute approximate surface area is 98.4 Å². The van der Waals surface area contributed by atoms with Crippen LogP contribution in [0, 0.1) is 5.41 Å². The molecule has 0 aliphatic carbocycles. The van der Waals surface area contributed by atoms with Crippen LogP contribution >= 0.6 is 0 Å². The Bertz CT molecular complexity index is 308. The number of nitrogens with zero attached hydrogens (tertiary/aromatic N) is 1. The minimum Gasteiger partial charge on any atom is -0.315 e. The Morgan fingerprint density at radius 3 is 2.44 bits per heavy atom. The van der Waals surface area contributed by atoms with E-state index in [1.807, 2.05) is 0 Å². The van der Waals surface area contributed by atoms with E-state index in [-0.39, 0.29) is 5.75 Å². The van der Waals surface area contributed by atoms with E-state index >= 15 is 0 Å². The van der Waals surface area contributed by atoms with Gasteiger partial charge in [-0.1, -0.05) is 6.92 Å². The van der Waals surface area contributed by atoms with Crippen LogP contribution < -0.4 is 10.5 Å². The van der Waals surface area contributed by atoms with Gasteiger partial charge in [0, 0.05) is 13.1 Å². The molecule has 5 nitrogen and oxygen atoms in total. The van der Waals surface area contributed by atoms with Gasteiger partial charge in [-0.25, -0.2) is 13.6 Å². The Morgan fingerprint density at radius 1 is 1.38 bits per heavy atom. The summed E-state index contributed by atoms with van der Waals surface area (Å²) in [5, 5.41) is 8.12. The Hall–Kier alpha value is -0.170. The fourth-order valence-corrected chi connectivity index (χ4v) is 2.37. The molecule has 1 fully saturated rings. The first-order chi connectivity index (χ1) is 7.31. The average Bonchev–Trinajstić information content (AvgIpc) is 2.17. The van der Waals surface area contributed by atoms with E-state index in [1.54, 1.807) is 0 Å². The molecule has 1 saturated heterocycles. The molecule has 6 heteroatoms. The number of nitrogens with one attached hydrogen (secondary N) is 1. The van der Waals surface area contributed by atoms with Gasteiger partial charge in [0.25, 0.3) is 0 Å². The van der Waals surface area contributed by atoms with Crippen molar-refractivity contribution in [2.75, 3.05) is 39.0 Å². The van der Waals surface area contributed by atoms with Crippen LogP contribution in [0.2, 0.25) is 0 Å². The van der Waals surface area contributed by atoms with Crippen LogP contribution in [0.3, 0.4) is 0 Å². The molecular formula is C10H23N3O2S. The van der Waals surface area contributed by atoms with E-state index in [4.69, 9.17) is 5.14 Å². The van der Waals surface area contributed by atoms with Crippen LogP contribution in [0.15, 0.2) is 0 Å². The summed E-state index contributed by atoms with van der Waals surface area (Å²) < 4.78 is 21.5. The third kappa shape index (κ3) is 5.25. The van der Waals surface area contributed by atoms with E-state index in [2.05, 4.69) is 24.2 Å². The second-order valence-electron chi connectivity index (χ2n) is 5.16. The van der Waals surface area contributed by atoms with Gasteiger partial charge in [0.2, 0.25) is 10.0 Å². The van der Waals surface area contributed by atoms with Gasteiger partial charge >= 0.3 is 0 Å². The maximum atomic E-state index is 10.7. The summed E-state index contributed by atoms with van der Waals surface area (Å²) in [4.78, 5) is 2.33. The summed E-state index contributed by atoms with van der Waals surface area (Å²) in [6.07, 6.45) is 2.32. The Kier molecular flexibility index (Phi) is 4.73. The van der Waals surface area contributed by atoms with Crippen LogP contribution in [0.25, 0.3) is 0 Å². The third-order valence-electron chi connectivity index (χ3n) is 3.31. The predicted molar refractivity (Wildman–Crippen MR) is 65.7 cm³/mol. The summed E-state index contributed by atoms with van der Waals surface area (Å²) in [6.45, 7) is 5.81. The van der Waals surface area contributed by atoms with Crippen molar-refractivity contribution in [3.8, 4) is 0 Å². The highest BCUT2D eigenvalue weighted by Gasteiger charge is 2.28. The van der Waals surface area contributed by atoms with Crippen molar-refractivity contribution in [1.29, 1.82) is 0 Å². The lowest BCUT2D eigenvalue weighted by atomic mass is 9.80. The minimum absolute atomic E-state index is 0.0168. The van der Waals surface area contributed by atoms with Crippen LogP contribution in [0.4, 0.5) is 0 Å². The molecule has 1 aliphatic heterocycles. The lowest BCUT2D eigenvalue weighted by Crippen LogP contribution is -2.43. The lowest BCUT2D eigenvalue weighted by molar-refractivity contribution is 0.138. The summed E-state index contributed by atoms with van der Waals surface area (Å²) in [6, 6.07) is 0. The molecule has 0 aromatic heterocycles. The van der Waals surface area contributed by atoms with Crippen molar-refractivity contribution in [2.24, 2.45) is 10.6 Å². The normalized spacial score (nSPS) is 22.2. The number of sulfonamides is 1. The Balaban J connectivity index is 2.22. The van der Waals surface area contributed by atoms with Gasteiger partial charge in [-0.3, -0.25) is 0 Å². The number of hydrogen-bond donors (Lipinski definition) is 2. The zero-order valence-corrected chi connectivity index (χ0v) is 11.0. The summed E-state index contributed by atoms with van der Waals surface area (Å²) in [5.41, 5.74) is 0.296. The van der Waals surface area contributed by atoms with Crippen molar-refractivity contribution in [1.82, 2.24) is 10.2 Å². The van der Waals surface area contributed by atoms with Gasteiger partial charge in [0.05, 0.1) is 5.75 Å². The highest BCUT2D eigenvalue weighted by Crippen LogP contribution is 2.29. The van der Waals surface area contributed by atoms with Crippen molar-refractivity contribution in [3.05, 3.63) is 0 Å². The molecule has 0 bridgehead atoms. The van der Waals surface area contributed by atoms with Gasteiger partial charge in [0.15, 0.2) is 0 Å². The summed E-state index contributed by atoms with van der Waals surface area (Å²) >= 11 is 0. The molecule has 0 aromatic rings. The fourth-order valence-electron chi connectivity index (χ4n) is 1.94. The van der Waals surface area contributed by atoms with Crippen LogP contribution in [0.1, 0.15) is 19.8 Å². The highest BCUT2D eigenvalue weighted by molar-refractivity contribution is 7.89. The molecule has 16 heavy (non-hydrogen) atoms. The topological polar surface area (TPSA) is 75.4 Å². The second-order valence-corrected chi connectivity index (χ2v) is 6.89. The molecule has 1 aliphatic rings. The number of rotatable bonds is 5. The Morgan fingerprint density at radius 2 is 1.94 bits per heavy atom. The van der Waals surface area contributed by atoms with E-state index < -0.39 is 10.0 Å². The number of nitrogens with two attached hydrogens (primary N) is 1. The standard InChI is InChI=1S/C10H23N3O2S/c1-10(3-6-13(2)7-4-10)9-12-5-8-16(11,14)15/h12H,3-9H2,1-2H3,(H2,11,14,15). The van der Waals surface area contributed by atoms with Crippen molar-refractivity contribution >= 4 is 10.0 Å². The number of likely N-dealkylation sites (tertiary alicyclic amines) is 1. The first kappa shape index (κ1) is 13.9. The molecule has 0 radical (unpaired) electrons. The number of piperidine rings is 1. The van der Waals surface area contributed by atoms with Crippen LogP contribution in [-0.2, 0) is 10.0 Å². The zero-order chi connectivity index (χ0) is 12.2. The van der Waals surface area contributed by atoms with E-state index in [0.29, 0.717) is 12.0 Å². The van der Waals surface area contributed by atoms with Gasteiger partial charge in [-0.05, 0) is 38.4 Å². The quantitative estimate of drug-likeness (QED) is 0.650. The van der Waals surface area contributed by atoms with Gasteiger partial charge in [0.1, 0.15) is 0 Å². The maximum Gasteiger partial charge on any atom is 0.210 e. The maximum absolute atomic E-state index is 10.7. The average molecular weight is 249 g/mol. The van der Waals surface area contributed by atoms with E-state index in [1.165, 1.54) is 0 Å². The van der Waals surface area contributed by atoms with Gasteiger partial charge in [-0.15, -0.1) is 0 Å². The van der Waals surface area contributed by atoms with Crippen molar-refractivity contribution < 1.29 is 8.42 Å². The summed E-state index contributed by atoms with van der Waals surface area (Å²) in [7, 11) is -1.19. The lowest BCUT2D eigenvalue weighted by Gasteiger charge is -2.38. The smallest absolute Gasteiger partial charge is 0.210 e. The molecular weight excluding hydrogens is 226 g/mol. The molecule has 0 atom stereocenters. The fraction of sp³-hybridized carbons (Fsp3) is 1.00. The van der Waals surface area contributed by atoms with E-state index in [9.17, 15) is 8.42 Å². The van der Waals surface area contributed by atoms with Crippen LogP contribution in [0.5, 0.6) is 0 Å². The molecule has 0 amide bonds. The second kappa shape index (κ2) is 5.44. The van der Waals surface area contributed by atoms with Gasteiger partial charge in [-0.2, -0.15) is 0 Å². The SMILES string of the molecule is CN1CCC(C)(CNCCS(N)(=O)=O)CC1. The number of hydrogen-bond acceptors (Lipinski definition) is 4. The van der Waals surface area contributed by atoms with Gasteiger partial charge < -0.3 is 10.2 Å². The largest absolute Gasteiger partial charge is 0.315 e. The molecule has 3 N–H and O–H groups in total. The minimum atomic E-state index is -3.33. The van der Waals surface area contributed by atoms with E-state index in [0.717, 1.165) is 32.5 Å². The third-order valence-corrected chi connectivity index (χ3v) is 4.08. The molecule has 1 heterocycles. The predicted octanol–water partition coefficient (Wildman–Crippen LogP) is -0.404. The monoisotopic (exact) mass is 249 g/mol. The van der Waals surface area contributed by atoms with Crippen LogP contribution in [-0.4, -0.2) is 52.3 Å². The summed E-state index contributed by atoms with van der Waals surface area (Å²) in [5.74, 6) is 0.0168. The molecule has 0 spiro atoms. The number of primary sulfonamides is 1. The first-order valence-electron chi connectivity index (χ1n) is 5.71. The molecule has 96 valence electrons. The van der Waals surface area contributed by atoms with Crippen molar-refractivity contribution in [3.63, 3.8) is 0 Å². The molecule has 0 saturated carbocycles. The van der Waals surface area contributed by atoms with Crippen molar-refractivity contribution in [2.45, 2.75) is 19.8 Å².